The molecule has 0 spiro atoms. The first-order chi connectivity index (χ1) is 36.0. The maximum Gasteiger partial charge on any atom is 0.306 e. The van der Waals surface area contributed by atoms with Crippen molar-refractivity contribution in [1.82, 2.24) is 0 Å². The van der Waals surface area contributed by atoms with Crippen LogP contribution in [0, 0.1) is 0 Å². The van der Waals surface area contributed by atoms with E-state index in [-0.39, 0.29) is 31.1 Å². The molecule has 0 aromatic rings. The molecule has 0 fully saturated rings. The van der Waals surface area contributed by atoms with Crippen molar-refractivity contribution in [3.05, 3.63) is 24.3 Å². The van der Waals surface area contributed by atoms with Gasteiger partial charge in [0.15, 0.2) is 6.10 Å². The average molecular weight is 1030 g/mol. The Balaban J connectivity index is 4.13. The van der Waals surface area contributed by atoms with Gasteiger partial charge in [-0.15, -0.1) is 0 Å². The van der Waals surface area contributed by atoms with Crippen molar-refractivity contribution in [3.8, 4) is 0 Å². The van der Waals surface area contributed by atoms with E-state index in [0.717, 1.165) is 70.6 Å². The SMILES string of the molecule is CCCC/C=C\CCCCCCCC(=O)OCC(COC(=O)CCCCCCCCCCCCCCCCCCCCCCCCCCCCCC)OC(=O)CCCCCCC/C=C\CCCCCCCCC. The Morgan fingerprint density at radius 1 is 0.260 bits per heavy atom. The van der Waals surface area contributed by atoms with Gasteiger partial charge in [0.05, 0.1) is 0 Å². The number of allylic oxidation sites excluding steroid dienone is 4. The molecule has 6 heteroatoms. The highest BCUT2D eigenvalue weighted by molar-refractivity contribution is 5.71. The Labute approximate surface area is 455 Å². The summed E-state index contributed by atoms with van der Waals surface area (Å²) in [6, 6.07) is 0. The van der Waals surface area contributed by atoms with E-state index in [4.69, 9.17) is 14.2 Å². The first-order valence-corrected chi connectivity index (χ1v) is 32.8. The van der Waals surface area contributed by atoms with Gasteiger partial charge in [-0.2, -0.15) is 0 Å². The molecule has 0 saturated carbocycles. The molecule has 1 unspecified atom stereocenters. The molecule has 6 nitrogen and oxygen atoms in total. The van der Waals surface area contributed by atoms with Crippen molar-refractivity contribution in [2.45, 2.75) is 374 Å². The van der Waals surface area contributed by atoms with E-state index in [1.807, 2.05) is 0 Å². The zero-order valence-electron chi connectivity index (χ0n) is 49.4. The number of esters is 3. The van der Waals surface area contributed by atoms with Crippen LogP contribution >= 0.6 is 0 Å². The molecule has 430 valence electrons. The lowest BCUT2D eigenvalue weighted by molar-refractivity contribution is -0.167. The fourth-order valence-electron chi connectivity index (χ4n) is 9.95. The molecule has 0 bridgehead atoms. The Morgan fingerprint density at radius 3 is 0.726 bits per heavy atom. The monoisotopic (exact) mass is 1030 g/mol. The summed E-state index contributed by atoms with van der Waals surface area (Å²) in [5.41, 5.74) is 0. The fraction of sp³-hybridized carbons (Fsp3) is 0.896. The molecule has 73 heavy (non-hydrogen) atoms. The van der Waals surface area contributed by atoms with Gasteiger partial charge in [0, 0.05) is 19.3 Å². The van der Waals surface area contributed by atoms with Crippen LogP contribution in [-0.2, 0) is 28.6 Å². The number of rotatable bonds is 61. The lowest BCUT2D eigenvalue weighted by atomic mass is 10.0. The first kappa shape index (κ1) is 70.9. The Morgan fingerprint density at radius 2 is 0.466 bits per heavy atom. The smallest absolute Gasteiger partial charge is 0.306 e. The Bertz CT molecular complexity index is 1180. The van der Waals surface area contributed by atoms with E-state index < -0.39 is 6.10 Å². The molecule has 0 aliphatic carbocycles. The topological polar surface area (TPSA) is 78.9 Å². The summed E-state index contributed by atoms with van der Waals surface area (Å²) < 4.78 is 16.9. The van der Waals surface area contributed by atoms with Crippen LogP contribution in [0.2, 0.25) is 0 Å². The molecule has 0 amide bonds. The molecule has 0 heterocycles. The number of carbonyl (C=O) groups excluding carboxylic acids is 3. The predicted molar refractivity (Wildman–Crippen MR) is 316 cm³/mol. The number of hydrogen-bond donors (Lipinski definition) is 0. The van der Waals surface area contributed by atoms with Crippen molar-refractivity contribution in [1.29, 1.82) is 0 Å². The highest BCUT2D eigenvalue weighted by atomic mass is 16.6. The van der Waals surface area contributed by atoms with Gasteiger partial charge in [-0.3, -0.25) is 14.4 Å². The van der Waals surface area contributed by atoms with Gasteiger partial charge in [0.2, 0.25) is 0 Å². The summed E-state index contributed by atoms with van der Waals surface area (Å²) in [5.74, 6) is -0.868. The van der Waals surface area contributed by atoms with E-state index in [9.17, 15) is 14.4 Å². The summed E-state index contributed by atoms with van der Waals surface area (Å²) in [4.78, 5) is 38.2. The molecule has 0 aliphatic heterocycles. The van der Waals surface area contributed by atoms with E-state index in [0.29, 0.717) is 19.3 Å². The van der Waals surface area contributed by atoms with Crippen LogP contribution in [0.1, 0.15) is 367 Å². The van der Waals surface area contributed by atoms with Gasteiger partial charge in [0.1, 0.15) is 13.2 Å². The van der Waals surface area contributed by atoms with Gasteiger partial charge < -0.3 is 14.2 Å². The van der Waals surface area contributed by atoms with Crippen molar-refractivity contribution < 1.29 is 28.6 Å². The summed E-state index contributed by atoms with van der Waals surface area (Å²) >= 11 is 0. The van der Waals surface area contributed by atoms with Gasteiger partial charge in [-0.25, -0.2) is 0 Å². The van der Waals surface area contributed by atoms with Crippen molar-refractivity contribution in [2.24, 2.45) is 0 Å². The molecule has 1 atom stereocenters. The van der Waals surface area contributed by atoms with Crippen LogP contribution in [0.3, 0.4) is 0 Å². The average Bonchev–Trinajstić information content (AvgIpc) is 3.39. The minimum absolute atomic E-state index is 0.0727. The largest absolute Gasteiger partial charge is 0.462 e. The van der Waals surface area contributed by atoms with Gasteiger partial charge in [0.25, 0.3) is 0 Å². The molecule has 0 aromatic heterocycles. The van der Waals surface area contributed by atoms with E-state index >= 15 is 0 Å². The van der Waals surface area contributed by atoms with Gasteiger partial charge >= 0.3 is 17.9 Å². The summed E-state index contributed by atoms with van der Waals surface area (Å²) in [5, 5.41) is 0. The second kappa shape index (κ2) is 62.4. The second-order valence-electron chi connectivity index (χ2n) is 22.4. The van der Waals surface area contributed by atoms with Crippen molar-refractivity contribution >= 4 is 17.9 Å². The molecule has 0 N–H and O–H groups in total. The highest BCUT2D eigenvalue weighted by Gasteiger charge is 2.19. The lowest BCUT2D eigenvalue weighted by Crippen LogP contribution is -2.30. The number of hydrogen-bond acceptors (Lipinski definition) is 6. The molecule has 0 rings (SSSR count). The maximum absolute atomic E-state index is 12.9. The van der Waals surface area contributed by atoms with E-state index in [1.54, 1.807) is 0 Å². The molecule has 0 radical (unpaired) electrons. The number of ether oxygens (including phenoxy) is 3. The van der Waals surface area contributed by atoms with E-state index in [2.05, 4.69) is 45.1 Å². The predicted octanol–water partition coefficient (Wildman–Crippen LogP) is 22.2. The third kappa shape index (κ3) is 60.6. The second-order valence-corrected chi connectivity index (χ2v) is 22.4. The summed E-state index contributed by atoms with van der Waals surface area (Å²) in [7, 11) is 0. The molecule has 0 saturated heterocycles. The Hall–Kier alpha value is -2.11. The quantitative estimate of drug-likeness (QED) is 0.0261. The summed E-state index contributed by atoms with van der Waals surface area (Å²) in [6.45, 7) is 6.65. The molecule has 0 aliphatic rings. The normalized spacial score (nSPS) is 12.1. The van der Waals surface area contributed by atoms with Gasteiger partial charge in [-0.05, 0) is 64.2 Å². The maximum atomic E-state index is 12.9. The molecular weight excluding hydrogens is 901 g/mol. The zero-order valence-corrected chi connectivity index (χ0v) is 49.4. The van der Waals surface area contributed by atoms with Crippen molar-refractivity contribution in [3.63, 3.8) is 0 Å². The van der Waals surface area contributed by atoms with Crippen LogP contribution in [0.4, 0.5) is 0 Å². The number of unbranched alkanes of at least 4 members (excludes halogenated alkanes) is 46. The minimum atomic E-state index is -0.776. The highest BCUT2D eigenvalue weighted by Crippen LogP contribution is 2.18. The third-order valence-electron chi connectivity index (χ3n) is 14.9. The Kier molecular flexibility index (Phi) is 60.6. The number of carbonyl (C=O) groups is 3. The minimum Gasteiger partial charge on any atom is -0.462 e. The standard InChI is InChI=1S/C67H126O6/c1-4-7-10-13-16-19-22-24-26-28-29-30-31-32-33-34-35-36-37-38-39-41-42-45-48-51-54-57-60-66(69)72-63-64(62-71-65(68)59-56-53-50-47-44-21-18-15-12-9-6-3)73-67(70)61-58-55-52-49-46-43-40-27-25-23-20-17-14-11-8-5-2/h15,18,27,40,64H,4-14,16-17,19-26,28-39,41-63H2,1-3H3/b18-15-,40-27-. The van der Waals surface area contributed by atoms with Crippen LogP contribution in [0.25, 0.3) is 0 Å². The summed E-state index contributed by atoms with van der Waals surface area (Å²) in [6.07, 6.45) is 75.0. The fourth-order valence-corrected chi connectivity index (χ4v) is 9.95. The van der Waals surface area contributed by atoms with Crippen LogP contribution in [0.15, 0.2) is 24.3 Å². The molecule has 0 aromatic carbocycles. The van der Waals surface area contributed by atoms with E-state index in [1.165, 1.54) is 257 Å². The van der Waals surface area contributed by atoms with Gasteiger partial charge in [-0.1, -0.05) is 308 Å². The molecular formula is C67H126O6. The van der Waals surface area contributed by atoms with Crippen LogP contribution in [-0.4, -0.2) is 37.2 Å². The van der Waals surface area contributed by atoms with Crippen LogP contribution in [0.5, 0.6) is 0 Å². The van der Waals surface area contributed by atoms with Crippen LogP contribution < -0.4 is 0 Å². The lowest BCUT2D eigenvalue weighted by Gasteiger charge is -2.18. The zero-order chi connectivity index (χ0) is 52.9. The third-order valence-corrected chi connectivity index (χ3v) is 14.9. The van der Waals surface area contributed by atoms with Crippen molar-refractivity contribution in [2.75, 3.05) is 13.2 Å². The first-order valence-electron chi connectivity index (χ1n) is 32.8.